The van der Waals surface area contributed by atoms with Gasteiger partial charge in [-0.15, -0.1) is 0 Å². The Kier molecular flexibility index (Phi) is 4.55. The first-order valence-electron chi connectivity index (χ1n) is 4.84. The van der Waals surface area contributed by atoms with Crippen LogP contribution >= 0.6 is 0 Å². The van der Waals surface area contributed by atoms with E-state index in [9.17, 15) is 0 Å². The monoisotopic (exact) mass is 156 g/mol. The van der Waals surface area contributed by atoms with Crippen LogP contribution in [0.3, 0.4) is 0 Å². The van der Waals surface area contributed by atoms with Crippen LogP contribution in [0.5, 0.6) is 0 Å². The first-order chi connectivity index (χ1) is 5.43. The van der Waals surface area contributed by atoms with E-state index < -0.39 is 0 Å². The molecule has 11 heavy (non-hydrogen) atoms. The molecule has 1 fully saturated rings. The Balaban J connectivity index is 2.09. The summed E-state index contributed by atoms with van der Waals surface area (Å²) in [6.45, 7) is 3.30. The topological polar surface area (TPSA) is 38.0 Å². The molecule has 0 saturated carbocycles. The molecular formula is C9H20N2. The third-order valence-corrected chi connectivity index (χ3v) is 2.51. The Morgan fingerprint density at radius 3 is 3.00 bits per heavy atom. The Hall–Kier alpha value is -0.0800. The minimum atomic E-state index is 0.865. The molecule has 1 atom stereocenters. The Labute approximate surface area is 69.5 Å². The molecule has 0 aliphatic carbocycles. The zero-order chi connectivity index (χ0) is 7.94. The van der Waals surface area contributed by atoms with Crippen molar-refractivity contribution < 1.29 is 0 Å². The van der Waals surface area contributed by atoms with E-state index in [0.717, 1.165) is 12.5 Å². The van der Waals surface area contributed by atoms with E-state index in [1.807, 2.05) is 0 Å². The van der Waals surface area contributed by atoms with Crippen molar-refractivity contribution in [1.29, 1.82) is 0 Å². The summed E-state index contributed by atoms with van der Waals surface area (Å²) >= 11 is 0. The first-order valence-corrected chi connectivity index (χ1v) is 4.84. The molecule has 2 nitrogen and oxygen atoms in total. The van der Waals surface area contributed by atoms with Crippen LogP contribution in [0.1, 0.15) is 32.1 Å². The number of nitrogens with two attached hydrogens (primary N) is 1. The molecule has 1 heterocycles. The predicted octanol–water partition coefficient (Wildman–Crippen LogP) is 1.11. The SMILES string of the molecule is NCCCC1CCCNCC1. The van der Waals surface area contributed by atoms with Gasteiger partial charge in [0, 0.05) is 0 Å². The number of rotatable bonds is 3. The van der Waals surface area contributed by atoms with Crippen LogP contribution in [0.2, 0.25) is 0 Å². The van der Waals surface area contributed by atoms with Gasteiger partial charge in [0.05, 0.1) is 0 Å². The predicted molar refractivity (Wildman–Crippen MR) is 48.5 cm³/mol. The largest absolute Gasteiger partial charge is 0.330 e. The molecule has 0 aromatic rings. The van der Waals surface area contributed by atoms with Gasteiger partial charge in [-0.05, 0) is 57.7 Å². The van der Waals surface area contributed by atoms with Gasteiger partial charge in [0.25, 0.3) is 0 Å². The smallest absolute Gasteiger partial charge is 0.00463 e. The molecule has 1 aliphatic heterocycles. The van der Waals surface area contributed by atoms with E-state index in [1.54, 1.807) is 0 Å². The fourth-order valence-corrected chi connectivity index (χ4v) is 1.79. The minimum absolute atomic E-state index is 0.865. The third-order valence-electron chi connectivity index (χ3n) is 2.51. The van der Waals surface area contributed by atoms with Crippen molar-refractivity contribution in [1.82, 2.24) is 5.32 Å². The molecule has 1 saturated heterocycles. The summed E-state index contributed by atoms with van der Waals surface area (Å²) in [6, 6.07) is 0. The van der Waals surface area contributed by atoms with Crippen molar-refractivity contribution in [2.24, 2.45) is 11.7 Å². The van der Waals surface area contributed by atoms with Gasteiger partial charge < -0.3 is 11.1 Å². The Morgan fingerprint density at radius 1 is 1.27 bits per heavy atom. The van der Waals surface area contributed by atoms with E-state index >= 15 is 0 Å². The molecule has 3 N–H and O–H groups in total. The first kappa shape index (κ1) is 9.01. The highest BCUT2D eigenvalue weighted by Crippen LogP contribution is 2.18. The second kappa shape index (κ2) is 5.56. The molecule has 1 aliphatic rings. The molecule has 0 amide bonds. The van der Waals surface area contributed by atoms with Gasteiger partial charge in [0.15, 0.2) is 0 Å². The second-order valence-corrected chi connectivity index (χ2v) is 3.48. The van der Waals surface area contributed by atoms with Crippen LogP contribution in [0.25, 0.3) is 0 Å². The average molecular weight is 156 g/mol. The zero-order valence-corrected chi connectivity index (χ0v) is 7.31. The lowest BCUT2D eigenvalue weighted by Gasteiger charge is -2.11. The van der Waals surface area contributed by atoms with Gasteiger partial charge in [-0.1, -0.05) is 0 Å². The highest BCUT2D eigenvalue weighted by Gasteiger charge is 2.10. The number of hydrogen-bond donors (Lipinski definition) is 2. The molecule has 0 spiro atoms. The summed E-state index contributed by atoms with van der Waals surface area (Å²) in [4.78, 5) is 0. The van der Waals surface area contributed by atoms with Crippen molar-refractivity contribution >= 4 is 0 Å². The molecule has 1 unspecified atom stereocenters. The summed E-state index contributed by atoms with van der Waals surface area (Å²) < 4.78 is 0. The molecule has 0 bridgehead atoms. The summed E-state index contributed by atoms with van der Waals surface area (Å²) in [5.74, 6) is 0.952. The Bertz CT molecular complexity index is 85.6. The highest BCUT2D eigenvalue weighted by atomic mass is 14.8. The normalized spacial score (nSPS) is 26.5. The van der Waals surface area contributed by atoms with Crippen molar-refractivity contribution in [3.8, 4) is 0 Å². The molecule has 1 rings (SSSR count). The molecule has 2 heteroatoms. The standard InChI is InChI=1S/C9H20N2/c10-6-1-3-9-4-2-7-11-8-5-9/h9,11H,1-8,10H2. The number of nitrogens with one attached hydrogen (secondary N) is 1. The van der Waals surface area contributed by atoms with E-state index in [0.29, 0.717) is 0 Å². The third kappa shape index (κ3) is 3.73. The maximum absolute atomic E-state index is 5.47. The zero-order valence-electron chi connectivity index (χ0n) is 7.31. The van der Waals surface area contributed by atoms with Gasteiger partial charge in [-0.2, -0.15) is 0 Å². The lowest BCUT2D eigenvalue weighted by molar-refractivity contribution is 0.428. The molecule has 66 valence electrons. The fraction of sp³-hybridized carbons (Fsp3) is 1.00. The lowest BCUT2D eigenvalue weighted by atomic mass is 9.95. The maximum Gasteiger partial charge on any atom is -0.00463 e. The van der Waals surface area contributed by atoms with Crippen molar-refractivity contribution in [2.75, 3.05) is 19.6 Å². The Morgan fingerprint density at radius 2 is 2.18 bits per heavy atom. The van der Waals surface area contributed by atoms with Crippen LogP contribution in [-0.2, 0) is 0 Å². The van der Waals surface area contributed by atoms with Gasteiger partial charge in [-0.25, -0.2) is 0 Å². The summed E-state index contributed by atoms with van der Waals surface area (Å²) in [7, 11) is 0. The average Bonchev–Trinajstić information content (AvgIpc) is 2.28. The van der Waals surface area contributed by atoms with Gasteiger partial charge in [0.2, 0.25) is 0 Å². The van der Waals surface area contributed by atoms with Crippen molar-refractivity contribution in [3.05, 3.63) is 0 Å². The van der Waals surface area contributed by atoms with Crippen LogP contribution in [0.4, 0.5) is 0 Å². The summed E-state index contributed by atoms with van der Waals surface area (Å²) in [5.41, 5.74) is 5.47. The molecule has 0 aromatic heterocycles. The van der Waals surface area contributed by atoms with Crippen LogP contribution in [0, 0.1) is 5.92 Å². The van der Waals surface area contributed by atoms with E-state index in [-0.39, 0.29) is 0 Å². The molecular weight excluding hydrogens is 136 g/mol. The molecule has 0 aromatic carbocycles. The van der Waals surface area contributed by atoms with Crippen LogP contribution in [-0.4, -0.2) is 19.6 Å². The summed E-state index contributed by atoms with van der Waals surface area (Å²) in [5, 5.41) is 3.42. The maximum atomic E-state index is 5.47. The van der Waals surface area contributed by atoms with Crippen LogP contribution in [0.15, 0.2) is 0 Å². The van der Waals surface area contributed by atoms with Gasteiger partial charge >= 0.3 is 0 Å². The quantitative estimate of drug-likeness (QED) is 0.642. The van der Waals surface area contributed by atoms with Gasteiger partial charge in [-0.3, -0.25) is 0 Å². The minimum Gasteiger partial charge on any atom is -0.330 e. The highest BCUT2D eigenvalue weighted by molar-refractivity contribution is 4.66. The molecule has 0 radical (unpaired) electrons. The number of hydrogen-bond acceptors (Lipinski definition) is 2. The van der Waals surface area contributed by atoms with Crippen molar-refractivity contribution in [2.45, 2.75) is 32.1 Å². The summed E-state index contributed by atoms with van der Waals surface area (Å²) in [6.07, 6.45) is 6.69. The second-order valence-electron chi connectivity index (χ2n) is 3.48. The van der Waals surface area contributed by atoms with E-state index in [4.69, 9.17) is 5.73 Å². The van der Waals surface area contributed by atoms with E-state index in [2.05, 4.69) is 5.32 Å². The fourth-order valence-electron chi connectivity index (χ4n) is 1.79. The van der Waals surface area contributed by atoms with Crippen molar-refractivity contribution in [3.63, 3.8) is 0 Å². The van der Waals surface area contributed by atoms with Gasteiger partial charge in [0.1, 0.15) is 0 Å². The van der Waals surface area contributed by atoms with Crippen LogP contribution < -0.4 is 11.1 Å². The van der Waals surface area contributed by atoms with E-state index in [1.165, 1.54) is 45.2 Å². The lowest BCUT2D eigenvalue weighted by Crippen LogP contribution is -2.14.